The number of non-ortho nitro benzene ring substituents is 1. The lowest BCUT2D eigenvalue weighted by Crippen LogP contribution is -2.08. The maximum atomic E-state index is 12.4. The normalized spacial score (nSPS) is 11.1. The minimum absolute atomic E-state index is 0.00495. The van der Waals surface area contributed by atoms with Crippen molar-refractivity contribution < 1.29 is 9.72 Å². The highest BCUT2D eigenvalue weighted by atomic mass is 16.6. The molecular formula is C21H14N4O3. The highest BCUT2D eigenvalue weighted by Gasteiger charge is 2.10. The van der Waals surface area contributed by atoms with Gasteiger partial charge in [0.1, 0.15) is 0 Å². The molecule has 0 radical (unpaired) electrons. The number of amides is 1. The number of carbonyl (C=O) groups excluding carboxylic acids is 1. The molecule has 0 bridgehead atoms. The van der Waals surface area contributed by atoms with Crippen LogP contribution in [0.5, 0.6) is 0 Å². The molecule has 7 heteroatoms. The van der Waals surface area contributed by atoms with Gasteiger partial charge in [0.25, 0.3) is 5.69 Å². The largest absolute Gasteiger partial charge is 0.322 e. The lowest BCUT2D eigenvalue weighted by atomic mass is 10.1. The quantitative estimate of drug-likeness (QED) is 0.249. The zero-order chi connectivity index (χ0) is 19.5. The average molecular weight is 370 g/mol. The molecule has 0 fully saturated rings. The van der Waals surface area contributed by atoms with Crippen molar-refractivity contribution in [3.8, 4) is 0 Å². The highest BCUT2D eigenvalue weighted by Crippen LogP contribution is 2.29. The minimum Gasteiger partial charge on any atom is -0.322 e. The van der Waals surface area contributed by atoms with E-state index in [2.05, 4.69) is 15.3 Å². The fourth-order valence-corrected chi connectivity index (χ4v) is 2.93. The average Bonchev–Trinajstić information content (AvgIpc) is 2.73. The Morgan fingerprint density at radius 2 is 1.71 bits per heavy atom. The van der Waals surface area contributed by atoms with Crippen LogP contribution in [0.1, 0.15) is 5.56 Å². The molecule has 2 aromatic heterocycles. The maximum Gasteiger partial charge on any atom is 0.269 e. The van der Waals surface area contributed by atoms with Crippen LogP contribution >= 0.6 is 0 Å². The van der Waals surface area contributed by atoms with Crippen LogP contribution in [0.25, 0.3) is 27.9 Å². The number of benzene rings is 2. The number of pyridine rings is 2. The number of anilines is 1. The molecular weight excluding hydrogens is 356 g/mol. The van der Waals surface area contributed by atoms with Crippen molar-refractivity contribution in [1.82, 2.24) is 9.97 Å². The van der Waals surface area contributed by atoms with E-state index in [1.807, 2.05) is 24.3 Å². The van der Waals surface area contributed by atoms with E-state index in [4.69, 9.17) is 0 Å². The van der Waals surface area contributed by atoms with Gasteiger partial charge in [0.15, 0.2) is 0 Å². The molecule has 2 heterocycles. The Hall–Kier alpha value is -4.13. The van der Waals surface area contributed by atoms with Crippen LogP contribution in [-0.2, 0) is 4.79 Å². The Bertz CT molecular complexity index is 1230. The number of hydrogen-bond acceptors (Lipinski definition) is 5. The lowest BCUT2D eigenvalue weighted by Gasteiger charge is -2.09. The van der Waals surface area contributed by atoms with Gasteiger partial charge in [0.2, 0.25) is 5.91 Å². The van der Waals surface area contributed by atoms with Crippen LogP contribution < -0.4 is 5.32 Å². The van der Waals surface area contributed by atoms with E-state index >= 15 is 0 Å². The van der Waals surface area contributed by atoms with E-state index < -0.39 is 4.92 Å². The van der Waals surface area contributed by atoms with Crippen LogP contribution in [0.2, 0.25) is 0 Å². The van der Waals surface area contributed by atoms with E-state index in [-0.39, 0.29) is 11.6 Å². The monoisotopic (exact) mass is 370 g/mol. The summed E-state index contributed by atoms with van der Waals surface area (Å²) in [6.07, 6.45) is 6.39. The first-order chi connectivity index (χ1) is 13.6. The summed E-state index contributed by atoms with van der Waals surface area (Å²) in [5, 5.41) is 15.2. The van der Waals surface area contributed by atoms with Gasteiger partial charge in [-0.3, -0.25) is 24.9 Å². The zero-order valence-electron chi connectivity index (χ0n) is 14.6. The van der Waals surface area contributed by atoms with Gasteiger partial charge < -0.3 is 5.32 Å². The smallest absolute Gasteiger partial charge is 0.269 e. The van der Waals surface area contributed by atoms with Crippen molar-refractivity contribution in [2.24, 2.45) is 0 Å². The Morgan fingerprint density at radius 1 is 1.00 bits per heavy atom. The third kappa shape index (κ3) is 3.41. The molecule has 136 valence electrons. The molecule has 4 rings (SSSR count). The van der Waals surface area contributed by atoms with Gasteiger partial charge in [-0.25, -0.2) is 0 Å². The number of rotatable bonds is 4. The molecule has 2 aromatic carbocycles. The number of nitrogens with zero attached hydrogens (tertiary/aromatic N) is 3. The molecule has 0 unspecified atom stereocenters. The number of fused-ring (bicyclic) bond motifs is 3. The lowest BCUT2D eigenvalue weighted by molar-refractivity contribution is -0.384. The Labute approximate surface area is 159 Å². The van der Waals surface area contributed by atoms with Gasteiger partial charge in [0.05, 0.1) is 21.6 Å². The number of nitro benzene ring substituents is 1. The fraction of sp³-hybridized carbons (Fsp3) is 0. The zero-order valence-corrected chi connectivity index (χ0v) is 14.6. The van der Waals surface area contributed by atoms with Crippen LogP contribution in [-0.4, -0.2) is 20.8 Å². The standard InChI is InChI=1S/C21H14N4O3/c26-19(10-7-14-5-8-16(9-6-14)25(27)28)24-18-13-15-3-1-11-22-20(15)21-17(18)4-2-12-23-21/h1-13H,(H,24,26)/b10-7+. The Morgan fingerprint density at radius 3 is 2.46 bits per heavy atom. The van der Waals surface area contributed by atoms with E-state index in [0.717, 1.165) is 21.8 Å². The van der Waals surface area contributed by atoms with E-state index in [1.165, 1.54) is 18.2 Å². The van der Waals surface area contributed by atoms with Crippen molar-refractivity contribution in [2.75, 3.05) is 5.32 Å². The second-order valence-electron chi connectivity index (χ2n) is 6.07. The molecule has 7 nitrogen and oxygen atoms in total. The minimum atomic E-state index is -0.464. The van der Waals surface area contributed by atoms with Gasteiger partial charge in [-0.2, -0.15) is 0 Å². The third-order valence-corrected chi connectivity index (χ3v) is 4.25. The summed E-state index contributed by atoms with van der Waals surface area (Å²) in [7, 11) is 0. The molecule has 0 spiro atoms. The van der Waals surface area contributed by atoms with E-state index in [0.29, 0.717) is 11.3 Å². The molecule has 1 amide bonds. The first-order valence-corrected chi connectivity index (χ1v) is 8.48. The number of hydrogen-bond donors (Lipinski definition) is 1. The van der Waals surface area contributed by atoms with Gasteiger partial charge in [-0.05, 0) is 48.0 Å². The summed E-state index contributed by atoms with van der Waals surface area (Å²) >= 11 is 0. The van der Waals surface area contributed by atoms with Crippen LogP contribution in [0.4, 0.5) is 11.4 Å². The molecule has 28 heavy (non-hydrogen) atoms. The summed E-state index contributed by atoms with van der Waals surface area (Å²) in [5.41, 5.74) is 2.83. The van der Waals surface area contributed by atoms with Crippen LogP contribution in [0, 0.1) is 10.1 Å². The van der Waals surface area contributed by atoms with Crippen molar-refractivity contribution in [3.05, 3.63) is 88.7 Å². The Balaban J connectivity index is 1.62. The summed E-state index contributed by atoms with van der Waals surface area (Å²) in [6.45, 7) is 0. The third-order valence-electron chi connectivity index (χ3n) is 4.25. The maximum absolute atomic E-state index is 12.4. The van der Waals surface area contributed by atoms with Crippen LogP contribution in [0.3, 0.4) is 0 Å². The molecule has 4 aromatic rings. The van der Waals surface area contributed by atoms with E-state index in [9.17, 15) is 14.9 Å². The first-order valence-electron chi connectivity index (χ1n) is 8.48. The van der Waals surface area contributed by atoms with E-state index in [1.54, 1.807) is 36.7 Å². The first kappa shape index (κ1) is 17.3. The van der Waals surface area contributed by atoms with Crippen molar-refractivity contribution in [1.29, 1.82) is 0 Å². The van der Waals surface area contributed by atoms with Crippen LogP contribution in [0.15, 0.2) is 73.1 Å². The predicted molar refractivity (Wildman–Crippen MR) is 108 cm³/mol. The summed E-state index contributed by atoms with van der Waals surface area (Å²) < 4.78 is 0. The predicted octanol–water partition coefficient (Wildman–Crippen LogP) is 4.34. The number of nitrogens with one attached hydrogen (secondary N) is 1. The van der Waals surface area contributed by atoms with Crippen molar-refractivity contribution in [3.63, 3.8) is 0 Å². The van der Waals surface area contributed by atoms with Gasteiger partial charge in [-0.1, -0.05) is 6.07 Å². The number of nitro groups is 1. The summed E-state index contributed by atoms with van der Waals surface area (Å²) in [6, 6.07) is 15.3. The fourth-order valence-electron chi connectivity index (χ4n) is 2.93. The summed E-state index contributed by atoms with van der Waals surface area (Å²) in [5.74, 6) is -0.313. The summed E-state index contributed by atoms with van der Waals surface area (Å²) in [4.78, 5) is 31.4. The molecule has 0 saturated carbocycles. The molecule has 0 saturated heterocycles. The number of carbonyl (C=O) groups is 1. The molecule has 0 aliphatic heterocycles. The molecule has 0 aliphatic rings. The molecule has 0 aliphatic carbocycles. The molecule has 0 atom stereocenters. The highest BCUT2D eigenvalue weighted by molar-refractivity contribution is 6.13. The number of aromatic nitrogens is 2. The van der Waals surface area contributed by atoms with Gasteiger partial charge >= 0.3 is 0 Å². The van der Waals surface area contributed by atoms with Crippen molar-refractivity contribution >= 4 is 45.2 Å². The van der Waals surface area contributed by atoms with Crippen molar-refractivity contribution in [2.45, 2.75) is 0 Å². The topological polar surface area (TPSA) is 98.0 Å². The van der Waals surface area contributed by atoms with Gasteiger partial charge in [0, 0.05) is 41.4 Å². The van der Waals surface area contributed by atoms with Gasteiger partial charge in [-0.15, -0.1) is 0 Å². The molecule has 1 N–H and O–H groups in total. The SMILES string of the molecule is O=C(/C=C/c1ccc([N+](=O)[O-])cc1)Nc1cc2cccnc2c2ncccc12. The second-order valence-corrected chi connectivity index (χ2v) is 6.07. The second kappa shape index (κ2) is 7.24. The Kier molecular flexibility index (Phi) is 4.47.